The molecule has 2 heteroatoms. The first-order valence-corrected chi connectivity index (χ1v) is 14.2. The van der Waals surface area contributed by atoms with Crippen LogP contribution < -0.4 is 9.47 Å². The third kappa shape index (κ3) is 9.08. The van der Waals surface area contributed by atoms with Crippen molar-refractivity contribution in [2.24, 2.45) is 10.8 Å². The highest BCUT2D eigenvalue weighted by molar-refractivity contribution is 5.46. The molecular weight excluding hydrogens is 452 g/mol. The van der Waals surface area contributed by atoms with Crippen LogP contribution in [-0.2, 0) is 10.8 Å². The Hall–Kier alpha value is -1.96. The fraction of sp³-hybridized carbons (Fsp3) is 0.657. The Morgan fingerprint density at radius 1 is 0.486 bits per heavy atom. The largest absolute Gasteiger partial charge is 0.493 e. The Bertz CT molecular complexity index is 926. The molecule has 0 aliphatic heterocycles. The van der Waals surface area contributed by atoms with E-state index >= 15 is 0 Å². The van der Waals surface area contributed by atoms with Crippen LogP contribution in [0.5, 0.6) is 11.5 Å². The quantitative estimate of drug-likeness (QED) is 0.297. The summed E-state index contributed by atoms with van der Waals surface area (Å²) in [5, 5.41) is 0. The van der Waals surface area contributed by atoms with Crippen LogP contribution in [-0.4, -0.2) is 13.2 Å². The van der Waals surface area contributed by atoms with Crippen LogP contribution in [0.15, 0.2) is 24.3 Å². The van der Waals surface area contributed by atoms with Crippen LogP contribution in [0, 0.1) is 38.5 Å². The molecule has 0 N–H and O–H groups in total. The van der Waals surface area contributed by atoms with Crippen LogP contribution >= 0.6 is 0 Å². The molecule has 0 radical (unpaired) electrons. The summed E-state index contributed by atoms with van der Waals surface area (Å²) in [6.07, 6.45) is 3.14. The summed E-state index contributed by atoms with van der Waals surface area (Å²) in [6, 6.07) is 9.28. The van der Waals surface area contributed by atoms with Gasteiger partial charge in [-0.3, -0.25) is 0 Å². The van der Waals surface area contributed by atoms with Crippen molar-refractivity contribution in [1.82, 2.24) is 0 Å². The Morgan fingerprint density at radius 2 is 0.757 bits per heavy atom. The Labute approximate surface area is 229 Å². The van der Waals surface area contributed by atoms with Crippen molar-refractivity contribution in [3.05, 3.63) is 57.6 Å². The summed E-state index contributed by atoms with van der Waals surface area (Å²) in [6.45, 7) is 33.3. The van der Waals surface area contributed by atoms with Crippen molar-refractivity contribution in [3.8, 4) is 11.5 Å². The first-order valence-electron chi connectivity index (χ1n) is 14.2. The molecule has 0 aliphatic rings. The van der Waals surface area contributed by atoms with Gasteiger partial charge in [0.05, 0.1) is 13.2 Å². The fourth-order valence-corrected chi connectivity index (χ4v) is 6.40. The van der Waals surface area contributed by atoms with Gasteiger partial charge in [0.15, 0.2) is 0 Å². The minimum Gasteiger partial charge on any atom is -0.493 e. The second kappa shape index (κ2) is 11.4. The average molecular weight is 509 g/mol. The van der Waals surface area contributed by atoms with E-state index in [-0.39, 0.29) is 10.8 Å². The van der Waals surface area contributed by atoms with Crippen LogP contribution in [0.25, 0.3) is 0 Å². The molecule has 208 valence electrons. The summed E-state index contributed by atoms with van der Waals surface area (Å²) in [7, 11) is 0. The highest BCUT2D eigenvalue weighted by Gasteiger charge is 2.29. The number of hydrogen-bond donors (Lipinski definition) is 0. The van der Waals surface area contributed by atoms with E-state index in [1.54, 1.807) is 0 Å². The molecule has 0 heterocycles. The first-order chi connectivity index (χ1) is 16.7. The maximum Gasteiger partial charge on any atom is 0.125 e. The third-order valence-corrected chi connectivity index (χ3v) is 7.21. The molecule has 0 spiro atoms. The molecule has 0 amide bonds. The minimum atomic E-state index is 0.132. The summed E-state index contributed by atoms with van der Waals surface area (Å²) in [4.78, 5) is 0. The Morgan fingerprint density at radius 3 is 1.00 bits per heavy atom. The maximum absolute atomic E-state index is 6.26. The van der Waals surface area contributed by atoms with E-state index in [0.29, 0.717) is 24.0 Å². The molecule has 2 rings (SSSR count). The minimum absolute atomic E-state index is 0.132. The van der Waals surface area contributed by atoms with E-state index in [0.717, 1.165) is 30.8 Å². The Kier molecular flexibility index (Phi) is 9.65. The molecule has 0 bridgehead atoms. The number of rotatable bonds is 10. The highest BCUT2D eigenvalue weighted by Crippen LogP contribution is 2.40. The van der Waals surface area contributed by atoms with Gasteiger partial charge in [-0.15, -0.1) is 0 Å². The zero-order chi connectivity index (χ0) is 28.4. The second-order valence-electron chi connectivity index (χ2n) is 15.2. The molecule has 0 aromatic heterocycles. The van der Waals surface area contributed by atoms with Gasteiger partial charge in [0.1, 0.15) is 11.5 Å². The van der Waals surface area contributed by atoms with Gasteiger partial charge in [0.25, 0.3) is 0 Å². The monoisotopic (exact) mass is 508 g/mol. The van der Waals surface area contributed by atoms with Gasteiger partial charge in [-0.1, -0.05) is 93.5 Å². The van der Waals surface area contributed by atoms with Gasteiger partial charge < -0.3 is 9.47 Å². The van der Waals surface area contributed by atoms with Gasteiger partial charge in [-0.05, 0) is 95.6 Å². The molecule has 0 atom stereocenters. The lowest BCUT2D eigenvalue weighted by molar-refractivity contribution is 0.243. The average Bonchev–Trinajstić information content (AvgIpc) is 2.67. The van der Waals surface area contributed by atoms with Gasteiger partial charge in [0, 0.05) is 6.42 Å². The van der Waals surface area contributed by atoms with E-state index in [2.05, 4.69) is 121 Å². The third-order valence-electron chi connectivity index (χ3n) is 7.21. The van der Waals surface area contributed by atoms with Crippen molar-refractivity contribution < 1.29 is 9.47 Å². The highest BCUT2D eigenvalue weighted by atomic mass is 16.5. The SMILES string of the molecule is Cc1cc(C(C)(C)CC(C)(C)C)cc(C)c1OCCCOc1c(C)cc(C(C)(C)CC(C)(C)C)cc1C. The number of benzene rings is 2. The summed E-state index contributed by atoms with van der Waals surface area (Å²) in [5.74, 6) is 2.04. The summed E-state index contributed by atoms with van der Waals surface area (Å²) < 4.78 is 12.5. The fourth-order valence-electron chi connectivity index (χ4n) is 6.40. The van der Waals surface area contributed by atoms with E-state index in [4.69, 9.17) is 9.47 Å². The molecule has 2 aromatic rings. The van der Waals surface area contributed by atoms with Gasteiger partial charge >= 0.3 is 0 Å². The van der Waals surface area contributed by atoms with Gasteiger partial charge in [0.2, 0.25) is 0 Å². The van der Waals surface area contributed by atoms with Crippen LogP contribution in [0.4, 0.5) is 0 Å². The van der Waals surface area contributed by atoms with Crippen molar-refractivity contribution in [3.63, 3.8) is 0 Å². The summed E-state index contributed by atoms with van der Waals surface area (Å²) >= 11 is 0. The van der Waals surface area contributed by atoms with Crippen LogP contribution in [0.2, 0.25) is 0 Å². The van der Waals surface area contributed by atoms with Crippen molar-refractivity contribution >= 4 is 0 Å². The molecule has 37 heavy (non-hydrogen) atoms. The molecule has 0 aliphatic carbocycles. The van der Waals surface area contributed by atoms with Gasteiger partial charge in [-0.2, -0.15) is 0 Å². The lowest BCUT2D eigenvalue weighted by Crippen LogP contribution is -2.25. The van der Waals surface area contributed by atoms with E-state index in [9.17, 15) is 0 Å². The van der Waals surface area contributed by atoms with Crippen LogP contribution in [0.1, 0.15) is 122 Å². The topological polar surface area (TPSA) is 18.5 Å². The van der Waals surface area contributed by atoms with E-state index in [1.807, 2.05) is 0 Å². The van der Waals surface area contributed by atoms with Crippen molar-refractivity contribution in [1.29, 1.82) is 0 Å². The molecule has 2 aromatic carbocycles. The number of aryl methyl sites for hydroxylation is 4. The molecule has 0 saturated carbocycles. The normalized spacial score (nSPS) is 13.1. The second-order valence-corrected chi connectivity index (χ2v) is 15.2. The standard InChI is InChI=1S/C35H56O2/c1-24-18-28(34(11,12)22-32(5,6)7)19-25(2)30(24)36-16-15-17-37-31-26(3)20-29(21-27(31)4)35(13,14)23-33(8,9)10/h18-21H,15-17,22-23H2,1-14H3. The molecular formula is C35H56O2. The smallest absolute Gasteiger partial charge is 0.125 e. The first kappa shape index (κ1) is 31.3. The van der Waals surface area contributed by atoms with E-state index < -0.39 is 0 Å². The Balaban J connectivity index is 2.00. The maximum atomic E-state index is 6.26. The molecule has 2 nitrogen and oxygen atoms in total. The number of ether oxygens (including phenoxy) is 2. The molecule has 0 unspecified atom stereocenters. The lowest BCUT2D eigenvalue weighted by atomic mass is 9.72. The molecule has 0 fully saturated rings. The summed E-state index contributed by atoms with van der Waals surface area (Å²) in [5.41, 5.74) is 8.52. The zero-order valence-corrected chi connectivity index (χ0v) is 26.7. The van der Waals surface area contributed by atoms with Crippen molar-refractivity contribution in [2.45, 2.75) is 127 Å². The van der Waals surface area contributed by atoms with Crippen molar-refractivity contribution in [2.75, 3.05) is 13.2 Å². The molecule has 0 saturated heterocycles. The predicted molar refractivity (Wildman–Crippen MR) is 162 cm³/mol. The van der Waals surface area contributed by atoms with E-state index in [1.165, 1.54) is 33.4 Å². The van der Waals surface area contributed by atoms with Crippen LogP contribution in [0.3, 0.4) is 0 Å². The van der Waals surface area contributed by atoms with Gasteiger partial charge in [-0.25, -0.2) is 0 Å². The lowest BCUT2D eigenvalue weighted by Gasteiger charge is -2.33. The predicted octanol–water partition coefficient (Wildman–Crippen LogP) is 10.2. The zero-order valence-electron chi connectivity index (χ0n) is 26.7. The number of hydrogen-bond acceptors (Lipinski definition) is 2.